The van der Waals surface area contributed by atoms with Gasteiger partial charge in [-0.05, 0) is 39.5 Å². The average Bonchev–Trinajstić information content (AvgIpc) is 2.83. The highest BCUT2D eigenvalue weighted by molar-refractivity contribution is 5.87. The average molecular weight is 369 g/mol. The summed E-state index contributed by atoms with van der Waals surface area (Å²) in [5.74, 6) is -0.947. The molecule has 2 atom stereocenters. The first-order valence-electron chi connectivity index (χ1n) is 9.18. The van der Waals surface area contributed by atoms with Crippen LogP contribution in [0.2, 0.25) is 0 Å². The van der Waals surface area contributed by atoms with Crippen molar-refractivity contribution >= 4 is 18.0 Å². The van der Waals surface area contributed by atoms with Gasteiger partial charge in [-0.25, -0.2) is 4.79 Å². The van der Waals surface area contributed by atoms with Gasteiger partial charge in [0.05, 0.1) is 11.8 Å². The van der Waals surface area contributed by atoms with Crippen molar-refractivity contribution in [3.8, 4) is 0 Å². The zero-order valence-electron chi connectivity index (χ0n) is 16.2. The maximum atomic E-state index is 12.4. The maximum absolute atomic E-state index is 12.4. The first-order valence-corrected chi connectivity index (χ1v) is 9.18. The third-order valence-electron chi connectivity index (χ3n) is 5.56. The summed E-state index contributed by atoms with van der Waals surface area (Å²) in [5.41, 5.74) is 4.18. The van der Waals surface area contributed by atoms with Crippen molar-refractivity contribution in [1.29, 1.82) is 0 Å². The molecule has 2 rings (SSSR count). The van der Waals surface area contributed by atoms with E-state index in [0.29, 0.717) is 26.2 Å². The number of likely N-dealkylation sites (tertiary alicyclic amines) is 2. The predicted octanol–water partition coefficient (Wildman–Crippen LogP) is 1.28. The number of nitrogens with two attached hydrogens (primary N) is 1. The summed E-state index contributed by atoms with van der Waals surface area (Å²) in [5, 5.41) is 9.08. The molecule has 8 nitrogen and oxygen atoms in total. The molecular weight excluding hydrogens is 338 g/mol. The third-order valence-corrected chi connectivity index (χ3v) is 5.56. The van der Waals surface area contributed by atoms with Crippen molar-refractivity contribution in [3.63, 3.8) is 0 Å². The fourth-order valence-electron chi connectivity index (χ4n) is 4.08. The first kappa shape index (κ1) is 20.5. The van der Waals surface area contributed by atoms with Gasteiger partial charge in [-0.15, -0.1) is 0 Å². The minimum absolute atomic E-state index is 0.0226. The molecule has 0 radical (unpaired) electrons. The smallest absolute Gasteiger partial charge is 0.407 e. The van der Waals surface area contributed by atoms with Crippen LogP contribution in [-0.4, -0.2) is 70.7 Å². The molecule has 0 bridgehead atoms. The van der Waals surface area contributed by atoms with Gasteiger partial charge < -0.3 is 20.5 Å². The molecule has 2 saturated heterocycles. The van der Waals surface area contributed by atoms with Gasteiger partial charge in [0.2, 0.25) is 5.91 Å². The number of esters is 1. The van der Waals surface area contributed by atoms with E-state index < -0.39 is 29.0 Å². The van der Waals surface area contributed by atoms with Crippen LogP contribution in [0.1, 0.15) is 47.0 Å². The number of piperidine rings is 1. The van der Waals surface area contributed by atoms with Crippen LogP contribution in [0.3, 0.4) is 0 Å². The molecule has 0 aliphatic carbocycles. The van der Waals surface area contributed by atoms with Crippen LogP contribution >= 0.6 is 0 Å². The molecule has 2 fully saturated rings. The Morgan fingerprint density at radius 2 is 1.81 bits per heavy atom. The van der Waals surface area contributed by atoms with E-state index >= 15 is 0 Å². The minimum atomic E-state index is -0.938. The number of carboxylic acid groups (broad SMARTS) is 1. The molecule has 2 amide bonds. The van der Waals surface area contributed by atoms with Crippen molar-refractivity contribution < 1.29 is 24.2 Å². The molecule has 2 aliphatic heterocycles. The number of hydrogen-bond acceptors (Lipinski definition) is 5. The van der Waals surface area contributed by atoms with E-state index in [0.717, 1.165) is 12.8 Å². The monoisotopic (exact) mass is 369 g/mol. The van der Waals surface area contributed by atoms with Crippen molar-refractivity contribution in [2.24, 2.45) is 17.1 Å². The molecule has 8 heteroatoms. The zero-order valence-corrected chi connectivity index (χ0v) is 16.2. The fraction of sp³-hybridized carbons (Fsp3) is 0.833. The number of ether oxygens (including phenoxy) is 1. The van der Waals surface area contributed by atoms with Crippen molar-refractivity contribution in [2.45, 2.75) is 58.6 Å². The van der Waals surface area contributed by atoms with Crippen LogP contribution < -0.4 is 5.73 Å². The van der Waals surface area contributed by atoms with Crippen LogP contribution in [0.4, 0.5) is 4.79 Å². The normalized spacial score (nSPS) is 28.2. The first-order chi connectivity index (χ1) is 11.9. The molecule has 0 saturated carbocycles. The van der Waals surface area contributed by atoms with Gasteiger partial charge in [-0.2, -0.15) is 0 Å². The fourth-order valence-corrected chi connectivity index (χ4v) is 4.08. The number of rotatable bonds is 4. The van der Waals surface area contributed by atoms with Crippen molar-refractivity contribution in [2.75, 3.05) is 26.2 Å². The number of primary amides is 1. The second-order valence-corrected chi connectivity index (χ2v) is 8.61. The van der Waals surface area contributed by atoms with Crippen LogP contribution in [0.25, 0.3) is 0 Å². The van der Waals surface area contributed by atoms with Gasteiger partial charge in [0.25, 0.3) is 0 Å². The topological polar surface area (TPSA) is 113 Å². The van der Waals surface area contributed by atoms with Gasteiger partial charge in [0.1, 0.15) is 5.60 Å². The van der Waals surface area contributed by atoms with Crippen LogP contribution in [0, 0.1) is 11.3 Å². The van der Waals surface area contributed by atoms with Crippen molar-refractivity contribution in [3.05, 3.63) is 0 Å². The standard InChI is InChI=1S/C18H31N3O5/c1-12-10-21(13-5-7-20(8-6-13)16(24)25)11-18(12,15(19)23)9-14(22)26-17(2,3)4/h12-13H,5-11H2,1-4H3,(H2,19,23)(H,24,25)/t12-,18+/m0/s1. The van der Waals surface area contributed by atoms with E-state index in [9.17, 15) is 14.4 Å². The Hall–Kier alpha value is -1.83. The molecule has 0 aromatic heterocycles. The van der Waals surface area contributed by atoms with E-state index in [4.69, 9.17) is 15.6 Å². The lowest BCUT2D eigenvalue weighted by Gasteiger charge is -2.36. The highest BCUT2D eigenvalue weighted by Crippen LogP contribution is 2.41. The van der Waals surface area contributed by atoms with E-state index in [1.54, 1.807) is 20.8 Å². The molecule has 0 spiro atoms. The lowest BCUT2D eigenvalue weighted by Crippen LogP contribution is -2.48. The van der Waals surface area contributed by atoms with E-state index in [1.807, 2.05) is 6.92 Å². The largest absolute Gasteiger partial charge is 0.465 e. The molecule has 148 valence electrons. The molecule has 2 aliphatic rings. The summed E-state index contributed by atoms with van der Waals surface area (Å²) in [6.45, 7) is 9.39. The van der Waals surface area contributed by atoms with Gasteiger partial charge in [-0.1, -0.05) is 6.92 Å². The van der Waals surface area contributed by atoms with Gasteiger partial charge >= 0.3 is 12.1 Å². The predicted molar refractivity (Wildman–Crippen MR) is 95.4 cm³/mol. The molecule has 0 aromatic carbocycles. The Bertz CT molecular complexity index is 566. The van der Waals surface area contributed by atoms with Crippen LogP contribution in [0.5, 0.6) is 0 Å². The van der Waals surface area contributed by atoms with E-state index in [2.05, 4.69) is 4.90 Å². The Morgan fingerprint density at radius 3 is 2.27 bits per heavy atom. The maximum Gasteiger partial charge on any atom is 0.407 e. The molecule has 3 N–H and O–H groups in total. The van der Waals surface area contributed by atoms with Crippen molar-refractivity contribution in [1.82, 2.24) is 9.80 Å². The van der Waals surface area contributed by atoms with Gasteiger partial charge in [-0.3, -0.25) is 14.5 Å². The lowest BCUT2D eigenvalue weighted by atomic mass is 9.75. The number of nitrogens with zero attached hydrogens (tertiary/aromatic N) is 2. The Labute approximate surface area is 154 Å². The Kier molecular flexibility index (Phi) is 5.85. The Morgan fingerprint density at radius 1 is 1.23 bits per heavy atom. The summed E-state index contributed by atoms with van der Waals surface area (Å²) >= 11 is 0. The summed E-state index contributed by atoms with van der Waals surface area (Å²) in [7, 11) is 0. The number of carbonyl (C=O) groups is 3. The van der Waals surface area contributed by atoms with Crippen LogP contribution in [-0.2, 0) is 14.3 Å². The summed E-state index contributed by atoms with van der Waals surface area (Å²) in [6, 6.07) is 0.202. The van der Waals surface area contributed by atoms with Gasteiger partial charge in [0, 0.05) is 32.2 Å². The van der Waals surface area contributed by atoms with E-state index in [-0.39, 0.29) is 18.4 Å². The molecular formula is C18H31N3O5. The van der Waals surface area contributed by atoms with Crippen LogP contribution in [0.15, 0.2) is 0 Å². The minimum Gasteiger partial charge on any atom is -0.465 e. The zero-order chi connectivity index (χ0) is 19.7. The summed E-state index contributed by atoms with van der Waals surface area (Å²) in [6.07, 6.45) is 0.529. The summed E-state index contributed by atoms with van der Waals surface area (Å²) in [4.78, 5) is 39.3. The molecule has 0 unspecified atom stereocenters. The molecule has 2 heterocycles. The third kappa shape index (κ3) is 4.47. The van der Waals surface area contributed by atoms with E-state index in [1.165, 1.54) is 4.90 Å². The second-order valence-electron chi connectivity index (χ2n) is 8.61. The highest BCUT2D eigenvalue weighted by atomic mass is 16.6. The summed E-state index contributed by atoms with van der Waals surface area (Å²) < 4.78 is 5.41. The Balaban J connectivity index is 2.06. The molecule has 0 aromatic rings. The number of hydrogen-bond donors (Lipinski definition) is 2. The number of carbonyl (C=O) groups excluding carboxylic acids is 2. The lowest BCUT2D eigenvalue weighted by molar-refractivity contribution is -0.160. The second kappa shape index (κ2) is 7.42. The molecule has 26 heavy (non-hydrogen) atoms. The highest BCUT2D eigenvalue weighted by Gasteiger charge is 2.52. The SMILES string of the molecule is C[C@H]1CN(C2CCN(C(=O)O)CC2)C[C@@]1(CC(=O)OC(C)(C)C)C(N)=O. The quantitative estimate of drug-likeness (QED) is 0.722. The van der Waals surface area contributed by atoms with Gasteiger partial charge in [0.15, 0.2) is 0 Å². The number of amides is 2.